The van der Waals surface area contributed by atoms with Gasteiger partial charge in [0.2, 0.25) is 0 Å². The number of ketones is 1. The molecule has 0 saturated heterocycles. The SMILES string of the molecule is CCC1=CC(C(C)=O)=C(c2cccc(F)c2)C2N=CC=CC12. The Hall–Kier alpha value is -2.29. The summed E-state index contributed by atoms with van der Waals surface area (Å²) in [5.41, 5.74) is 3.41. The molecule has 0 aromatic heterocycles. The third kappa shape index (κ3) is 2.47. The highest BCUT2D eigenvalue weighted by molar-refractivity contribution is 6.06. The molecule has 2 nitrogen and oxygen atoms in total. The summed E-state index contributed by atoms with van der Waals surface area (Å²) in [7, 11) is 0. The molecule has 1 heterocycles. The molecule has 3 heteroatoms. The Labute approximate surface area is 129 Å². The number of dihydropyridines is 1. The Morgan fingerprint density at radius 1 is 1.36 bits per heavy atom. The smallest absolute Gasteiger partial charge is 0.160 e. The maximum atomic E-state index is 13.6. The van der Waals surface area contributed by atoms with Crippen molar-refractivity contribution in [2.24, 2.45) is 10.9 Å². The lowest BCUT2D eigenvalue weighted by atomic mass is 9.74. The van der Waals surface area contributed by atoms with E-state index in [2.05, 4.69) is 18.0 Å². The van der Waals surface area contributed by atoms with Gasteiger partial charge in [0, 0.05) is 17.7 Å². The highest BCUT2D eigenvalue weighted by Crippen LogP contribution is 2.40. The van der Waals surface area contributed by atoms with Crippen molar-refractivity contribution in [3.63, 3.8) is 0 Å². The monoisotopic (exact) mass is 295 g/mol. The fourth-order valence-electron chi connectivity index (χ4n) is 3.22. The van der Waals surface area contributed by atoms with Gasteiger partial charge in [-0.1, -0.05) is 36.8 Å². The molecule has 0 spiro atoms. The van der Waals surface area contributed by atoms with Crippen LogP contribution >= 0.6 is 0 Å². The summed E-state index contributed by atoms with van der Waals surface area (Å²) in [5, 5.41) is 0. The Balaban J connectivity index is 2.24. The van der Waals surface area contributed by atoms with E-state index in [4.69, 9.17) is 0 Å². The number of hydrogen-bond donors (Lipinski definition) is 0. The van der Waals surface area contributed by atoms with Gasteiger partial charge in [0.1, 0.15) is 5.82 Å². The van der Waals surface area contributed by atoms with Crippen LogP contribution in [0.1, 0.15) is 25.8 Å². The topological polar surface area (TPSA) is 29.4 Å². The predicted octanol–water partition coefficient (Wildman–Crippen LogP) is 4.14. The van der Waals surface area contributed by atoms with Crippen molar-refractivity contribution in [1.82, 2.24) is 0 Å². The van der Waals surface area contributed by atoms with E-state index in [1.807, 2.05) is 18.2 Å². The van der Waals surface area contributed by atoms with Gasteiger partial charge in [-0.2, -0.15) is 0 Å². The summed E-state index contributed by atoms with van der Waals surface area (Å²) in [6, 6.07) is 6.26. The van der Waals surface area contributed by atoms with Gasteiger partial charge in [-0.25, -0.2) is 4.39 Å². The second-order valence-corrected chi connectivity index (χ2v) is 5.62. The number of carbonyl (C=O) groups is 1. The molecule has 0 fully saturated rings. The molecule has 0 amide bonds. The molecule has 1 aromatic carbocycles. The molecule has 2 aliphatic rings. The molecule has 0 saturated carbocycles. The second kappa shape index (κ2) is 5.84. The Kier molecular flexibility index (Phi) is 3.88. The van der Waals surface area contributed by atoms with Crippen LogP contribution < -0.4 is 0 Å². The van der Waals surface area contributed by atoms with Gasteiger partial charge >= 0.3 is 0 Å². The highest BCUT2D eigenvalue weighted by Gasteiger charge is 2.33. The van der Waals surface area contributed by atoms with Crippen LogP contribution in [0.15, 0.2) is 58.6 Å². The maximum absolute atomic E-state index is 13.6. The highest BCUT2D eigenvalue weighted by atomic mass is 19.1. The molecule has 1 aromatic rings. The fraction of sp³-hybridized carbons (Fsp3) is 0.263. The van der Waals surface area contributed by atoms with Crippen LogP contribution in [0, 0.1) is 11.7 Å². The fourth-order valence-corrected chi connectivity index (χ4v) is 3.22. The Morgan fingerprint density at radius 2 is 2.18 bits per heavy atom. The van der Waals surface area contributed by atoms with Crippen LogP contribution in [0.2, 0.25) is 0 Å². The third-order valence-corrected chi connectivity index (χ3v) is 4.26. The molecule has 112 valence electrons. The summed E-state index contributed by atoms with van der Waals surface area (Å²) < 4.78 is 13.6. The van der Waals surface area contributed by atoms with Gasteiger partial charge < -0.3 is 0 Å². The number of nitrogens with zero attached hydrogens (tertiary/aromatic N) is 1. The van der Waals surface area contributed by atoms with Gasteiger partial charge in [0.25, 0.3) is 0 Å². The maximum Gasteiger partial charge on any atom is 0.160 e. The zero-order valence-corrected chi connectivity index (χ0v) is 12.7. The van der Waals surface area contributed by atoms with Crippen LogP contribution in [0.4, 0.5) is 4.39 Å². The van der Waals surface area contributed by atoms with Crippen molar-refractivity contribution < 1.29 is 9.18 Å². The summed E-state index contributed by atoms with van der Waals surface area (Å²) in [6.07, 6.45) is 8.65. The van der Waals surface area contributed by atoms with Crippen molar-refractivity contribution in [2.45, 2.75) is 26.3 Å². The molecule has 2 unspecified atom stereocenters. The predicted molar refractivity (Wildman–Crippen MR) is 87.3 cm³/mol. The third-order valence-electron chi connectivity index (χ3n) is 4.26. The van der Waals surface area contributed by atoms with Gasteiger partial charge in [0.05, 0.1) is 6.04 Å². The summed E-state index contributed by atoms with van der Waals surface area (Å²) in [6.45, 7) is 3.64. The van der Waals surface area contributed by atoms with Crippen LogP contribution in [0.3, 0.4) is 0 Å². The molecule has 1 aliphatic heterocycles. The van der Waals surface area contributed by atoms with Crippen LogP contribution in [-0.4, -0.2) is 18.0 Å². The van der Waals surface area contributed by atoms with E-state index in [1.165, 1.54) is 17.7 Å². The normalized spacial score (nSPS) is 23.3. The zero-order valence-electron chi connectivity index (χ0n) is 12.7. The molecule has 0 bridgehead atoms. The molecular formula is C19H18FNO. The summed E-state index contributed by atoms with van der Waals surface area (Å²) in [4.78, 5) is 16.7. The number of Topliss-reactive ketones (excluding diaryl/α,β-unsaturated/α-hetero) is 1. The average Bonchev–Trinajstić information content (AvgIpc) is 2.53. The minimum absolute atomic E-state index is 0.00610. The van der Waals surface area contributed by atoms with Gasteiger partial charge in [-0.3, -0.25) is 9.79 Å². The van der Waals surface area contributed by atoms with E-state index in [0.717, 1.165) is 17.6 Å². The number of fused-ring (bicyclic) bond motifs is 1. The molecule has 2 atom stereocenters. The molecule has 22 heavy (non-hydrogen) atoms. The number of hydrogen-bond acceptors (Lipinski definition) is 2. The number of aliphatic imine (C=N–C) groups is 1. The first-order valence-corrected chi connectivity index (χ1v) is 7.53. The lowest BCUT2D eigenvalue weighted by molar-refractivity contribution is -0.113. The summed E-state index contributed by atoms with van der Waals surface area (Å²) >= 11 is 0. The molecule has 3 rings (SSSR count). The zero-order chi connectivity index (χ0) is 15.7. The largest absolute Gasteiger partial charge is 0.294 e. The minimum atomic E-state index is -0.301. The number of carbonyl (C=O) groups excluding carboxylic acids is 1. The second-order valence-electron chi connectivity index (χ2n) is 5.62. The Bertz CT molecular complexity index is 740. The number of benzene rings is 1. The van der Waals surface area contributed by atoms with Crippen LogP contribution in [0.25, 0.3) is 5.57 Å². The lowest BCUT2D eigenvalue weighted by Crippen LogP contribution is -2.28. The van der Waals surface area contributed by atoms with E-state index in [1.54, 1.807) is 19.2 Å². The first-order chi connectivity index (χ1) is 10.6. The van der Waals surface area contributed by atoms with Crippen molar-refractivity contribution in [2.75, 3.05) is 0 Å². The first-order valence-electron chi connectivity index (χ1n) is 7.53. The van der Waals surface area contributed by atoms with Gasteiger partial charge in [-0.05, 0) is 42.7 Å². The van der Waals surface area contributed by atoms with Crippen LogP contribution in [0.5, 0.6) is 0 Å². The molecule has 0 N–H and O–H groups in total. The van der Waals surface area contributed by atoms with E-state index in [-0.39, 0.29) is 23.6 Å². The number of halogens is 1. The van der Waals surface area contributed by atoms with E-state index >= 15 is 0 Å². The summed E-state index contributed by atoms with van der Waals surface area (Å²) in [5.74, 6) is -0.158. The minimum Gasteiger partial charge on any atom is -0.294 e. The number of allylic oxidation sites excluding steroid dienone is 3. The molecule has 0 radical (unpaired) electrons. The van der Waals surface area contributed by atoms with Gasteiger partial charge in [-0.15, -0.1) is 0 Å². The van der Waals surface area contributed by atoms with Crippen molar-refractivity contribution >= 4 is 17.6 Å². The first kappa shape index (κ1) is 14.6. The standard InChI is InChI=1S/C19H18FNO/c1-3-13-11-17(12(2)22)18(14-6-4-7-15(20)10-14)19-16(13)8-5-9-21-19/h4-11,16,19H,3H2,1-2H3. The number of rotatable bonds is 3. The van der Waals surface area contributed by atoms with Crippen molar-refractivity contribution in [3.8, 4) is 0 Å². The average molecular weight is 295 g/mol. The Morgan fingerprint density at radius 3 is 2.86 bits per heavy atom. The van der Waals surface area contributed by atoms with Crippen molar-refractivity contribution in [1.29, 1.82) is 0 Å². The van der Waals surface area contributed by atoms with Crippen molar-refractivity contribution in [3.05, 3.63) is 65.0 Å². The van der Waals surface area contributed by atoms with Gasteiger partial charge in [0.15, 0.2) is 5.78 Å². The van der Waals surface area contributed by atoms with E-state index < -0.39 is 0 Å². The van der Waals surface area contributed by atoms with Crippen LogP contribution in [-0.2, 0) is 4.79 Å². The quantitative estimate of drug-likeness (QED) is 0.824. The molecule has 1 aliphatic carbocycles. The van der Waals surface area contributed by atoms with E-state index in [9.17, 15) is 9.18 Å². The van der Waals surface area contributed by atoms with E-state index in [0.29, 0.717) is 5.57 Å². The molecular weight excluding hydrogens is 277 g/mol. The lowest BCUT2D eigenvalue weighted by Gasteiger charge is -2.33.